The standard InChI is InChI=1S/C23H23N3O5/c1-16(27)31-21-13-17(7-9-20(21)29-3)8-10-23(28)25-18-5-4-6-19(14-18)30-15-22-24-11-12-26(22)2/h4-14H,15H2,1-3H3,(H,25,28)/b10-8+. The third kappa shape index (κ3) is 6.20. The highest BCUT2D eigenvalue weighted by molar-refractivity contribution is 6.02. The second-order valence-electron chi connectivity index (χ2n) is 6.60. The molecule has 3 rings (SSSR count). The molecule has 0 radical (unpaired) electrons. The first kappa shape index (κ1) is 21.6. The molecule has 0 aliphatic carbocycles. The Balaban J connectivity index is 1.62. The van der Waals surface area contributed by atoms with Gasteiger partial charge in [0.1, 0.15) is 18.2 Å². The van der Waals surface area contributed by atoms with Gasteiger partial charge in [0.15, 0.2) is 11.5 Å². The number of hydrogen-bond acceptors (Lipinski definition) is 6. The number of anilines is 1. The zero-order valence-electron chi connectivity index (χ0n) is 17.5. The molecule has 0 fully saturated rings. The highest BCUT2D eigenvalue weighted by Crippen LogP contribution is 2.28. The second-order valence-corrected chi connectivity index (χ2v) is 6.60. The second kappa shape index (κ2) is 10.1. The van der Waals surface area contributed by atoms with Crippen LogP contribution in [0.3, 0.4) is 0 Å². The number of carbonyl (C=O) groups excluding carboxylic acids is 2. The van der Waals surface area contributed by atoms with Crippen molar-refractivity contribution < 1.29 is 23.8 Å². The van der Waals surface area contributed by atoms with E-state index in [1.54, 1.807) is 48.7 Å². The Bertz CT molecular complexity index is 1100. The molecule has 0 aliphatic rings. The Morgan fingerprint density at radius 1 is 1.16 bits per heavy atom. The molecule has 2 aromatic carbocycles. The SMILES string of the molecule is COc1ccc(/C=C/C(=O)Nc2cccc(OCc3nccn3C)c2)cc1OC(C)=O. The quantitative estimate of drug-likeness (QED) is 0.340. The van der Waals surface area contributed by atoms with Crippen LogP contribution in [0.15, 0.2) is 60.9 Å². The van der Waals surface area contributed by atoms with Crippen molar-refractivity contribution in [1.29, 1.82) is 0 Å². The maximum atomic E-state index is 12.3. The number of methoxy groups -OCH3 is 1. The molecule has 0 atom stereocenters. The fourth-order valence-corrected chi connectivity index (χ4v) is 2.73. The summed E-state index contributed by atoms with van der Waals surface area (Å²) in [5.74, 6) is 1.36. The lowest BCUT2D eigenvalue weighted by molar-refractivity contribution is -0.132. The van der Waals surface area contributed by atoms with E-state index in [0.717, 1.165) is 5.82 Å². The van der Waals surface area contributed by atoms with E-state index >= 15 is 0 Å². The van der Waals surface area contributed by atoms with Crippen LogP contribution in [-0.2, 0) is 23.2 Å². The van der Waals surface area contributed by atoms with Crippen LogP contribution >= 0.6 is 0 Å². The van der Waals surface area contributed by atoms with Crippen molar-refractivity contribution in [2.45, 2.75) is 13.5 Å². The van der Waals surface area contributed by atoms with Crippen molar-refractivity contribution in [3.8, 4) is 17.2 Å². The lowest BCUT2D eigenvalue weighted by Gasteiger charge is -2.09. The number of rotatable bonds is 8. The van der Waals surface area contributed by atoms with E-state index in [2.05, 4.69) is 10.3 Å². The van der Waals surface area contributed by atoms with Crippen molar-refractivity contribution >= 4 is 23.6 Å². The number of hydrogen-bond donors (Lipinski definition) is 1. The Morgan fingerprint density at radius 2 is 2.00 bits per heavy atom. The van der Waals surface area contributed by atoms with E-state index in [4.69, 9.17) is 14.2 Å². The van der Waals surface area contributed by atoms with Crippen molar-refractivity contribution in [3.05, 3.63) is 72.3 Å². The largest absolute Gasteiger partial charge is 0.493 e. The first-order valence-corrected chi connectivity index (χ1v) is 9.49. The van der Waals surface area contributed by atoms with Gasteiger partial charge < -0.3 is 24.1 Å². The summed E-state index contributed by atoms with van der Waals surface area (Å²) in [5, 5.41) is 2.79. The highest BCUT2D eigenvalue weighted by atomic mass is 16.6. The summed E-state index contributed by atoms with van der Waals surface area (Å²) >= 11 is 0. The molecule has 0 bridgehead atoms. The molecule has 8 heteroatoms. The average Bonchev–Trinajstić information content (AvgIpc) is 3.15. The van der Waals surface area contributed by atoms with Crippen molar-refractivity contribution in [1.82, 2.24) is 9.55 Å². The monoisotopic (exact) mass is 421 g/mol. The number of aromatic nitrogens is 2. The maximum Gasteiger partial charge on any atom is 0.308 e. The summed E-state index contributed by atoms with van der Waals surface area (Å²) in [4.78, 5) is 27.8. The normalized spacial score (nSPS) is 10.7. The molecule has 1 aromatic heterocycles. The van der Waals surface area contributed by atoms with Gasteiger partial charge in [-0.1, -0.05) is 12.1 Å². The molecular weight excluding hydrogens is 398 g/mol. The van der Waals surface area contributed by atoms with Crippen molar-refractivity contribution in [2.75, 3.05) is 12.4 Å². The van der Waals surface area contributed by atoms with E-state index in [-0.39, 0.29) is 11.7 Å². The average molecular weight is 421 g/mol. The van der Waals surface area contributed by atoms with Crippen LogP contribution in [0.25, 0.3) is 6.08 Å². The third-order valence-electron chi connectivity index (χ3n) is 4.26. The predicted molar refractivity (Wildman–Crippen MR) is 116 cm³/mol. The lowest BCUT2D eigenvalue weighted by atomic mass is 10.2. The Kier molecular flexibility index (Phi) is 7.05. The van der Waals surface area contributed by atoms with Gasteiger partial charge in [-0.3, -0.25) is 9.59 Å². The van der Waals surface area contributed by atoms with Crippen LogP contribution in [0.2, 0.25) is 0 Å². The maximum absolute atomic E-state index is 12.3. The number of imidazole rings is 1. The number of benzene rings is 2. The smallest absolute Gasteiger partial charge is 0.308 e. The van der Waals surface area contributed by atoms with Gasteiger partial charge in [0.05, 0.1) is 7.11 Å². The molecule has 3 aromatic rings. The summed E-state index contributed by atoms with van der Waals surface area (Å²) < 4.78 is 17.9. The number of nitrogens with zero attached hydrogens (tertiary/aromatic N) is 2. The first-order valence-electron chi connectivity index (χ1n) is 9.49. The Morgan fingerprint density at radius 3 is 2.71 bits per heavy atom. The lowest BCUT2D eigenvalue weighted by Crippen LogP contribution is -2.08. The highest BCUT2D eigenvalue weighted by Gasteiger charge is 2.08. The van der Waals surface area contributed by atoms with Gasteiger partial charge in [0.25, 0.3) is 0 Å². The first-order chi connectivity index (χ1) is 14.9. The van der Waals surface area contributed by atoms with Gasteiger partial charge in [-0.05, 0) is 35.9 Å². The Labute approximate surface area is 180 Å². The van der Waals surface area contributed by atoms with E-state index in [0.29, 0.717) is 29.4 Å². The minimum Gasteiger partial charge on any atom is -0.493 e. The van der Waals surface area contributed by atoms with Crippen molar-refractivity contribution in [2.24, 2.45) is 7.05 Å². The fourth-order valence-electron chi connectivity index (χ4n) is 2.73. The van der Waals surface area contributed by atoms with Crippen LogP contribution in [-0.4, -0.2) is 28.5 Å². The van der Waals surface area contributed by atoms with Gasteiger partial charge in [0, 0.05) is 44.2 Å². The number of ether oxygens (including phenoxy) is 3. The Hall–Kier alpha value is -4.07. The molecule has 0 aliphatic heterocycles. The molecule has 8 nitrogen and oxygen atoms in total. The summed E-state index contributed by atoms with van der Waals surface area (Å²) in [6.07, 6.45) is 6.56. The number of nitrogens with one attached hydrogen (secondary N) is 1. The molecule has 0 saturated heterocycles. The minimum absolute atomic E-state index is 0.287. The van der Waals surface area contributed by atoms with E-state index in [1.807, 2.05) is 23.9 Å². The van der Waals surface area contributed by atoms with Gasteiger partial charge >= 0.3 is 5.97 Å². The molecule has 1 amide bonds. The molecule has 0 unspecified atom stereocenters. The summed E-state index contributed by atoms with van der Waals surface area (Å²) in [7, 11) is 3.38. The summed E-state index contributed by atoms with van der Waals surface area (Å²) in [5.41, 5.74) is 1.28. The number of carbonyl (C=O) groups is 2. The number of aryl methyl sites for hydroxylation is 1. The third-order valence-corrected chi connectivity index (χ3v) is 4.26. The van der Waals surface area contributed by atoms with Gasteiger partial charge in [-0.2, -0.15) is 0 Å². The minimum atomic E-state index is -0.456. The predicted octanol–water partition coefficient (Wildman–Crippen LogP) is 3.58. The molecular formula is C23H23N3O5. The topological polar surface area (TPSA) is 91.7 Å². The molecule has 0 saturated carbocycles. The fraction of sp³-hybridized carbons (Fsp3) is 0.174. The molecule has 160 valence electrons. The molecule has 1 heterocycles. The zero-order valence-corrected chi connectivity index (χ0v) is 17.5. The molecule has 1 N–H and O–H groups in total. The van der Waals surface area contributed by atoms with Gasteiger partial charge in [0.2, 0.25) is 5.91 Å². The summed E-state index contributed by atoms with van der Waals surface area (Å²) in [6, 6.07) is 12.1. The molecule has 31 heavy (non-hydrogen) atoms. The van der Waals surface area contributed by atoms with Crippen LogP contribution in [0.4, 0.5) is 5.69 Å². The van der Waals surface area contributed by atoms with Gasteiger partial charge in [-0.15, -0.1) is 0 Å². The van der Waals surface area contributed by atoms with Crippen LogP contribution in [0.5, 0.6) is 17.2 Å². The van der Waals surface area contributed by atoms with Crippen molar-refractivity contribution in [3.63, 3.8) is 0 Å². The number of amides is 1. The zero-order chi connectivity index (χ0) is 22.2. The van der Waals surface area contributed by atoms with E-state index in [9.17, 15) is 9.59 Å². The van der Waals surface area contributed by atoms with Gasteiger partial charge in [-0.25, -0.2) is 4.98 Å². The van der Waals surface area contributed by atoms with E-state index in [1.165, 1.54) is 20.1 Å². The summed E-state index contributed by atoms with van der Waals surface area (Å²) in [6.45, 7) is 1.63. The van der Waals surface area contributed by atoms with Crippen LogP contribution in [0, 0.1) is 0 Å². The number of esters is 1. The van der Waals surface area contributed by atoms with Crippen LogP contribution in [0.1, 0.15) is 18.3 Å². The van der Waals surface area contributed by atoms with Crippen LogP contribution < -0.4 is 19.5 Å². The van der Waals surface area contributed by atoms with E-state index < -0.39 is 5.97 Å². The molecule has 0 spiro atoms.